The monoisotopic (exact) mass is 409 g/mol. The highest BCUT2D eigenvalue weighted by molar-refractivity contribution is 7.91. The van der Waals surface area contributed by atoms with Crippen LogP contribution in [0.15, 0.2) is 53.4 Å². The predicted molar refractivity (Wildman–Crippen MR) is 86.9 cm³/mol. The zero-order valence-electron chi connectivity index (χ0n) is 13.2. The van der Waals surface area contributed by atoms with E-state index in [0.717, 1.165) is 48.5 Å². The number of carbonyl (C=O) groups excluding carboxylic acids is 1. The molecule has 0 bridgehead atoms. The Morgan fingerprint density at radius 2 is 1.41 bits per heavy atom. The maximum absolute atomic E-state index is 12.4. The van der Waals surface area contributed by atoms with Crippen LogP contribution in [0.2, 0.25) is 0 Å². The molecule has 0 heterocycles. The van der Waals surface area contributed by atoms with Gasteiger partial charge < -0.3 is 5.32 Å². The highest BCUT2D eigenvalue weighted by Crippen LogP contribution is 2.29. The SMILES string of the molecule is O=C(NNc1ccc(S(=O)(=O)C(F)F)cc1)Nc1ccc(C(F)(F)F)cc1. The third kappa shape index (κ3) is 5.29. The molecule has 0 spiro atoms. The Balaban J connectivity index is 1.92. The number of amides is 2. The molecule has 0 saturated heterocycles. The van der Waals surface area contributed by atoms with Gasteiger partial charge in [-0.25, -0.2) is 13.2 Å². The Hall–Kier alpha value is -2.89. The maximum Gasteiger partial charge on any atom is 0.416 e. The summed E-state index contributed by atoms with van der Waals surface area (Å²) in [7, 11) is -4.72. The van der Waals surface area contributed by atoms with E-state index < -0.39 is 38.3 Å². The molecular weight excluding hydrogens is 397 g/mol. The highest BCUT2D eigenvalue weighted by atomic mass is 32.2. The van der Waals surface area contributed by atoms with Gasteiger partial charge in [0.05, 0.1) is 16.1 Å². The summed E-state index contributed by atoms with van der Waals surface area (Å²) in [6, 6.07) is 7.05. The van der Waals surface area contributed by atoms with Crippen LogP contribution < -0.4 is 16.2 Å². The van der Waals surface area contributed by atoms with Crippen molar-refractivity contribution in [3.8, 4) is 0 Å². The van der Waals surface area contributed by atoms with Crippen LogP contribution >= 0.6 is 0 Å². The second-order valence-corrected chi connectivity index (χ2v) is 7.03. The van der Waals surface area contributed by atoms with Crippen molar-refractivity contribution in [2.24, 2.45) is 0 Å². The highest BCUT2D eigenvalue weighted by Gasteiger charge is 2.30. The van der Waals surface area contributed by atoms with E-state index in [0.29, 0.717) is 0 Å². The van der Waals surface area contributed by atoms with Gasteiger partial charge in [-0.15, -0.1) is 0 Å². The van der Waals surface area contributed by atoms with E-state index in [4.69, 9.17) is 0 Å². The average molecular weight is 409 g/mol. The fourth-order valence-corrected chi connectivity index (χ4v) is 2.59. The lowest BCUT2D eigenvalue weighted by atomic mass is 10.2. The molecule has 6 nitrogen and oxygen atoms in total. The molecule has 27 heavy (non-hydrogen) atoms. The fraction of sp³-hybridized carbons (Fsp3) is 0.133. The lowest BCUT2D eigenvalue weighted by Gasteiger charge is -2.11. The molecule has 2 rings (SSSR count). The first-order valence-electron chi connectivity index (χ1n) is 7.12. The van der Waals surface area contributed by atoms with E-state index in [-0.39, 0.29) is 11.4 Å². The van der Waals surface area contributed by atoms with Gasteiger partial charge in [0.1, 0.15) is 0 Å². The summed E-state index contributed by atoms with van der Waals surface area (Å²) in [5, 5.41) is 2.27. The number of sulfone groups is 1. The summed E-state index contributed by atoms with van der Waals surface area (Å²) < 4.78 is 84.7. The van der Waals surface area contributed by atoms with Gasteiger partial charge in [0.2, 0.25) is 9.84 Å². The van der Waals surface area contributed by atoms with Gasteiger partial charge in [0.15, 0.2) is 0 Å². The predicted octanol–water partition coefficient (Wildman–Crippen LogP) is 3.85. The van der Waals surface area contributed by atoms with Crippen molar-refractivity contribution >= 4 is 27.2 Å². The molecule has 0 aliphatic heterocycles. The largest absolute Gasteiger partial charge is 0.416 e. The minimum atomic E-state index is -4.72. The number of rotatable bonds is 5. The molecule has 0 aromatic heterocycles. The molecule has 146 valence electrons. The fourth-order valence-electron chi connectivity index (χ4n) is 1.86. The van der Waals surface area contributed by atoms with Gasteiger partial charge >= 0.3 is 18.0 Å². The molecular formula is C15H12F5N3O3S. The minimum Gasteiger partial charge on any atom is -0.307 e. The van der Waals surface area contributed by atoms with Gasteiger partial charge in [-0.2, -0.15) is 22.0 Å². The Morgan fingerprint density at radius 3 is 1.89 bits per heavy atom. The van der Waals surface area contributed by atoms with Crippen molar-refractivity contribution in [2.75, 3.05) is 10.7 Å². The molecule has 2 aromatic rings. The molecule has 12 heteroatoms. The summed E-state index contributed by atoms with van der Waals surface area (Å²) in [6.45, 7) is 0. The van der Waals surface area contributed by atoms with Crippen LogP contribution in [0.25, 0.3) is 0 Å². The zero-order chi connectivity index (χ0) is 20.2. The van der Waals surface area contributed by atoms with Crippen LogP contribution in [-0.4, -0.2) is 20.2 Å². The van der Waals surface area contributed by atoms with E-state index in [9.17, 15) is 35.2 Å². The Labute approximate surface area is 150 Å². The first-order chi connectivity index (χ1) is 12.5. The van der Waals surface area contributed by atoms with E-state index in [1.807, 2.05) is 0 Å². The van der Waals surface area contributed by atoms with Crippen molar-refractivity contribution in [3.63, 3.8) is 0 Å². The number of halogens is 5. The van der Waals surface area contributed by atoms with Crippen molar-refractivity contribution in [3.05, 3.63) is 54.1 Å². The number of nitrogens with one attached hydrogen (secondary N) is 3. The van der Waals surface area contributed by atoms with Gasteiger partial charge in [0.25, 0.3) is 0 Å². The molecule has 0 unspecified atom stereocenters. The second kappa shape index (κ2) is 7.78. The smallest absolute Gasteiger partial charge is 0.307 e. The molecule has 0 atom stereocenters. The number of hydrogen-bond acceptors (Lipinski definition) is 4. The van der Waals surface area contributed by atoms with E-state index in [1.54, 1.807) is 0 Å². The van der Waals surface area contributed by atoms with E-state index in [2.05, 4.69) is 16.2 Å². The van der Waals surface area contributed by atoms with Gasteiger partial charge in [0, 0.05) is 5.69 Å². The Bertz CT molecular complexity index is 898. The Morgan fingerprint density at radius 1 is 0.889 bits per heavy atom. The van der Waals surface area contributed by atoms with E-state index in [1.165, 1.54) is 0 Å². The molecule has 0 radical (unpaired) electrons. The topological polar surface area (TPSA) is 87.3 Å². The van der Waals surface area contributed by atoms with Crippen LogP contribution in [0.5, 0.6) is 0 Å². The van der Waals surface area contributed by atoms with Crippen LogP contribution in [0, 0.1) is 0 Å². The lowest BCUT2D eigenvalue weighted by molar-refractivity contribution is -0.137. The van der Waals surface area contributed by atoms with Crippen LogP contribution in [0.1, 0.15) is 5.56 Å². The second-order valence-electron chi connectivity index (χ2n) is 5.11. The minimum absolute atomic E-state index is 0.0978. The van der Waals surface area contributed by atoms with Gasteiger partial charge in [-0.1, -0.05) is 0 Å². The first kappa shape index (κ1) is 20.4. The summed E-state index contributed by atoms with van der Waals surface area (Å²) in [5.74, 6) is -3.55. The molecule has 2 amide bonds. The summed E-state index contributed by atoms with van der Waals surface area (Å²) >= 11 is 0. The maximum atomic E-state index is 12.4. The van der Waals surface area contributed by atoms with Crippen molar-refractivity contribution in [1.82, 2.24) is 5.43 Å². The molecule has 0 aliphatic rings. The third-order valence-electron chi connectivity index (χ3n) is 3.21. The zero-order valence-corrected chi connectivity index (χ0v) is 14.0. The van der Waals surface area contributed by atoms with Gasteiger partial charge in [-0.3, -0.25) is 10.9 Å². The van der Waals surface area contributed by atoms with Crippen molar-refractivity contribution in [1.29, 1.82) is 0 Å². The quantitative estimate of drug-likeness (QED) is 0.517. The van der Waals surface area contributed by atoms with Crippen LogP contribution in [-0.2, 0) is 16.0 Å². The third-order valence-corrected chi connectivity index (χ3v) is 4.61. The first-order valence-corrected chi connectivity index (χ1v) is 8.67. The number of anilines is 2. The van der Waals surface area contributed by atoms with Crippen molar-refractivity contribution < 1.29 is 35.2 Å². The number of alkyl halides is 5. The van der Waals surface area contributed by atoms with Gasteiger partial charge in [-0.05, 0) is 48.5 Å². The number of benzene rings is 2. The van der Waals surface area contributed by atoms with E-state index >= 15 is 0 Å². The standard InChI is InChI=1S/C15H12F5N3O3S/c16-13(17)27(25,26)12-7-5-11(6-8-12)22-23-14(24)21-10-3-1-9(2-4-10)15(18,19)20/h1-8,13,22H,(H2,21,23,24). The number of hydrazine groups is 1. The molecule has 0 fully saturated rings. The average Bonchev–Trinajstić information content (AvgIpc) is 2.60. The molecule has 2 aromatic carbocycles. The molecule has 3 N–H and O–H groups in total. The lowest BCUT2D eigenvalue weighted by Crippen LogP contribution is -2.33. The summed E-state index contributed by atoms with van der Waals surface area (Å²) in [6.07, 6.45) is -4.49. The Kier molecular flexibility index (Phi) is 5.88. The molecule has 0 aliphatic carbocycles. The molecule has 0 saturated carbocycles. The number of hydrogen-bond donors (Lipinski definition) is 3. The van der Waals surface area contributed by atoms with Crippen LogP contribution in [0.4, 0.5) is 38.1 Å². The van der Waals surface area contributed by atoms with Crippen molar-refractivity contribution in [2.45, 2.75) is 16.8 Å². The van der Waals surface area contributed by atoms with Crippen LogP contribution in [0.3, 0.4) is 0 Å². The summed E-state index contributed by atoms with van der Waals surface area (Å²) in [5.41, 5.74) is 3.95. The normalized spacial score (nSPS) is 11.9. The number of carbonyl (C=O) groups is 1. The summed E-state index contributed by atoms with van der Waals surface area (Å²) in [4.78, 5) is 11.1. The number of urea groups is 1.